The van der Waals surface area contributed by atoms with Crippen LogP contribution < -0.4 is 0 Å². The van der Waals surface area contributed by atoms with Crippen LogP contribution in [0, 0.1) is 6.92 Å². The summed E-state index contributed by atoms with van der Waals surface area (Å²) in [5.74, 6) is -0.906. The van der Waals surface area contributed by atoms with Crippen molar-refractivity contribution in [1.29, 1.82) is 0 Å². The first-order chi connectivity index (χ1) is 16.6. The van der Waals surface area contributed by atoms with Gasteiger partial charge in [-0.1, -0.05) is 90.6 Å². The van der Waals surface area contributed by atoms with Gasteiger partial charge < -0.3 is 9.67 Å². The van der Waals surface area contributed by atoms with Gasteiger partial charge in [-0.3, -0.25) is 0 Å². The van der Waals surface area contributed by atoms with Crippen LogP contribution in [0.4, 0.5) is 0 Å². The molecular formula is C30H25NO2S. The van der Waals surface area contributed by atoms with Crippen LogP contribution in [0.5, 0.6) is 0 Å². The largest absolute Gasteiger partial charge is 0.478 e. The van der Waals surface area contributed by atoms with Gasteiger partial charge in [0.05, 0.1) is 5.56 Å². The fourth-order valence-corrected chi connectivity index (χ4v) is 5.45. The van der Waals surface area contributed by atoms with Crippen molar-refractivity contribution in [2.75, 3.05) is 0 Å². The minimum atomic E-state index is -0.906. The topological polar surface area (TPSA) is 42.2 Å². The summed E-state index contributed by atoms with van der Waals surface area (Å²) in [6.45, 7) is 2.94. The highest BCUT2D eigenvalue weighted by Gasteiger charge is 2.17. The van der Waals surface area contributed by atoms with E-state index in [1.165, 1.54) is 38.2 Å². The molecule has 5 aromatic rings. The Hall–Kier alpha value is -3.76. The van der Waals surface area contributed by atoms with Gasteiger partial charge in [-0.25, -0.2) is 4.79 Å². The number of rotatable bonds is 7. The maximum absolute atomic E-state index is 11.5. The van der Waals surface area contributed by atoms with Crippen LogP contribution in [0.15, 0.2) is 113 Å². The molecule has 34 heavy (non-hydrogen) atoms. The molecule has 168 valence electrons. The fourth-order valence-electron chi connectivity index (χ4n) is 4.34. The lowest BCUT2D eigenvalue weighted by Crippen LogP contribution is -2.02. The quantitative estimate of drug-likeness (QED) is 0.273. The summed E-state index contributed by atoms with van der Waals surface area (Å²) in [6, 6.07) is 34.9. The Morgan fingerprint density at radius 2 is 1.50 bits per heavy atom. The monoisotopic (exact) mass is 463 g/mol. The normalized spacial score (nSPS) is 11.1. The smallest absolute Gasteiger partial charge is 0.335 e. The van der Waals surface area contributed by atoms with E-state index in [1.54, 1.807) is 23.9 Å². The average molecular weight is 464 g/mol. The van der Waals surface area contributed by atoms with Gasteiger partial charge in [0.25, 0.3) is 0 Å². The molecule has 0 aliphatic rings. The van der Waals surface area contributed by atoms with E-state index < -0.39 is 5.97 Å². The molecule has 4 aromatic carbocycles. The van der Waals surface area contributed by atoms with E-state index in [0.717, 1.165) is 17.9 Å². The zero-order valence-electron chi connectivity index (χ0n) is 18.9. The van der Waals surface area contributed by atoms with Gasteiger partial charge in [0.1, 0.15) is 0 Å². The molecule has 0 radical (unpaired) electrons. The van der Waals surface area contributed by atoms with Gasteiger partial charge >= 0.3 is 5.97 Å². The number of hydrogen-bond donors (Lipinski definition) is 1. The molecule has 0 atom stereocenters. The molecule has 1 heterocycles. The van der Waals surface area contributed by atoms with Crippen molar-refractivity contribution in [3.8, 4) is 0 Å². The molecular weight excluding hydrogens is 438 g/mol. The van der Waals surface area contributed by atoms with Gasteiger partial charge in [-0.05, 0) is 54.3 Å². The molecule has 0 bridgehead atoms. The molecule has 0 spiro atoms. The molecule has 0 fully saturated rings. The van der Waals surface area contributed by atoms with Crippen LogP contribution in [0.2, 0.25) is 0 Å². The highest BCUT2D eigenvalue weighted by Crippen LogP contribution is 2.39. The number of aromatic carboxylic acids is 1. The molecule has 0 saturated heterocycles. The van der Waals surface area contributed by atoms with E-state index in [4.69, 9.17) is 0 Å². The number of benzene rings is 4. The molecule has 1 N–H and O–H groups in total. The van der Waals surface area contributed by atoms with Crippen molar-refractivity contribution >= 4 is 28.6 Å². The molecule has 0 aliphatic heterocycles. The van der Waals surface area contributed by atoms with Crippen molar-refractivity contribution in [3.63, 3.8) is 0 Å². The molecule has 3 nitrogen and oxygen atoms in total. The van der Waals surface area contributed by atoms with E-state index >= 15 is 0 Å². The Labute approximate surface area is 203 Å². The van der Waals surface area contributed by atoms with E-state index in [9.17, 15) is 9.90 Å². The lowest BCUT2D eigenvalue weighted by molar-refractivity contribution is 0.0696. The number of hydrogen-bond acceptors (Lipinski definition) is 2. The number of fused-ring (bicyclic) bond motifs is 1. The predicted octanol–water partition coefficient (Wildman–Crippen LogP) is 7.44. The summed E-state index contributed by atoms with van der Waals surface area (Å²) in [5.41, 5.74) is 6.50. The SMILES string of the molecule is Cc1c(Sc2cccc(C(=O)O)c2)c2ccc(Cc3ccccc3)cc2n1Cc1ccccc1. The van der Waals surface area contributed by atoms with Crippen LogP contribution >= 0.6 is 11.8 Å². The first-order valence-electron chi connectivity index (χ1n) is 11.3. The minimum Gasteiger partial charge on any atom is -0.478 e. The van der Waals surface area contributed by atoms with E-state index in [-0.39, 0.29) is 0 Å². The standard InChI is InChI=1S/C30H25NO2S/c1-21-29(34-26-14-8-13-25(19-26)30(32)33)27-16-15-24(17-22-9-4-2-5-10-22)18-28(27)31(21)20-23-11-6-3-7-12-23/h2-16,18-19H,17,20H2,1H3,(H,32,33). The summed E-state index contributed by atoms with van der Waals surface area (Å²) >= 11 is 1.63. The third-order valence-corrected chi connectivity index (χ3v) is 7.28. The number of carbonyl (C=O) groups is 1. The van der Waals surface area contributed by atoms with Crippen LogP contribution in [0.1, 0.15) is 32.7 Å². The van der Waals surface area contributed by atoms with Gasteiger partial charge in [0.2, 0.25) is 0 Å². The Balaban J connectivity index is 1.59. The van der Waals surface area contributed by atoms with Crippen molar-refractivity contribution in [3.05, 3.63) is 131 Å². The van der Waals surface area contributed by atoms with E-state index in [2.05, 4.69) is 78.2 Å². The van der Waals surface area contributed by atoms with Crippen molar-refractivity contribution in [1.82, 2.24) is 4.57 Å². The Morgan fingerprint density at radius 1 is 0.794 bits per heavy atom. The molecule has 0 unspecified atom stereocenters. The van der Waals surface area contributed by atoms with Gasteiger partial charge in [0.15, 0.2) is 0 Å². The lowest BCUT2D eigenvalue weighted by Gasteiger charge is -2.10. The van der Waals surface area contributed by atoms with Crippen LogP contribution in [-0.2, 0) is 13.0 Å². The number of carboxylic acids is 1. The molecule has 4 heteroatoms. The lowest BCUT2D eigenvalue weighted by atomic mass is 10.0. The molecule has 1 aromatic heterocycles. The average Bonchev–Trinajstić information content (AvgIpc) is 3.11. The van der Waals surface area contributed by atoms with Gasteiger partial charge in [0, 0.05) is 32.9 Å². The van der Waals surface area contributed by atoms with E-state index in [1.807, 2.05) is 24.3 Å². The van der Waals surface area contributed by atoms with Crippen LogP contribution in [0.3, 0.4) is 0 Å². The summed E-state index contributed by atoms with van der Waals surface area (Å²) in [5, 5.41) is 10.6. The molecule has 5 rings (SSSR count). The van der Waals surface area contributed by atoms with Gasteiger partial charge in [-0.15, -0.1) is 0 Å². The third kappa shape index (κ3) is 4.63. The molecule has 0 saturated carbocycles. The van der Waals surface area contributed by atoms with Crippen LogP contribution in [0.25, 0.3) is 10.9 Å². The van der Waals surface area contributed by atoms with Crippen LogP contribution in [-0.4, -0.2) is 15.6 Å². The highest BCUT2D eigenvalue weighted by molar-refractivity contribution is 7.99. The number of nitrogens with zero attached hydrogens (tertiary/aromatic N) is 1. The Kier molecular flexibility index (Phi) is 6.24. The summed E-state index contributed by atoms with van der Waals surface area (Å²) in [7, 11) is 0. The maximum Gasteiger partial charge on any atom is 0.335 e. The zero-order valence-corrected chi connectivity index (χ0v) is 19.8. The third-order valence-electron chi connectivity index (χ3n) is 6.07. The Morgan fingerprint density at radius 3 is 2.21 bits per heavy atom. The second-order valence-electron chi connectivity index (χ2n) is 8.44. The fraction of sp³-hybridized carbons (Fsp3) is 0.100. The van der Waals surface area contributed by atoms with Crippen molar-refractivity contribution < 1.29 is 9.90 Å². The summed E-state index contributed by atoms with van der Waals surface area (Å²) in [4.78, 5) is 13.6. The first kappa shape index (κ1) is 22.1. The number of aromatic nitrogens is 1. The second kappa shape index (κ2) is 9.62. The summed E-state index contributed by atoms with van der Waals surface area (Å²) < 4.78 is 2.38. The number of carboxylic acid groups (broad SMARTS) is 1. The first-order valence-corrected chi connectivity index (χ1v) is 12.1. The maximum atomic E-state index is 11.5. The predicted molar refractivity (Wildman–Crippen MR) is 139 cm³/mol. The van der Waals surface area contributed by atoms with Crippen molar-refractivity contribution in [2.24, 2.45) is 0 Å². The van der Waals surface area contributed by atoms with Gasteiger partial charge in [-0.2, -0.15) is 0 Å². The molecule has 0 amide bonds. The second-order valence-corrected chi connectivity index (χ2v) is 9.52. The van der Waals surface area contributed by atoms with Crippen molar-refractivity contribution in [2.45, 2.75) is 29.7 Å². The summed E-state index contributed by atoms with van der Waals surface area (Å²) in [6.07, 6.45) is 0.884. The van der Waals surface area contributed by atoms with E-state index in [0.29, 0.717) is 5.56 Å². The highest BCUT2D eigenvalue weighted by atomic mass is 32.2. The molecule has 0 aliphatic carbocycles. The zero-order chi connectivity index (χ0) is 23.5. The minimum absolute atomic E-state index is 0.306. The Bertz CT molecular complexity index is 1460.